The smallest absolute Gasteiger partial charge is 0.370 e. The number of rotatable bonds is 7. The standard InChI is InChI=1S/C11H15F3N6OS/c12-11(13,14)6-18-10(16)20-8-1-3-17-9(19-8)5-22-4-2-7(15)21/h1,3H,2,4-6H2,(H2,15,21)(H3,16,17,18,19,20). The first-order valence-corrected chi connectivity index (χ1v) is 7.23. The van der Waals surface area contributed by atoms with Gasteiger partial charge in [0.2, 0.25) is 5.91 Å². The Kier molecular flexibility index (Phi) is 6.89. The number of aromatic nitrogens is 2. The Balaban J connectivity index is 2.51. The number of anilines is 1. The van der Waals surface area contributed by atoms with E-state index in [0.29, 0.717) is 17.3 Å². The van der Waals surface area contributed by atoms with Gasteiger partial charge in [0.25, 0.3) is 0 Å². The first-order valence-electron chi connectivity index (χ1n) is 6.08. The Morgan fingerprint density at radius 1 is 1.41 bits per heavy atom. The van der Waals surface area contributed by atoms with Crippen molar-refractivity contribution >= 4 is 29.4 Å². The lowest BCUT2D eigenvalue weighted by Crippen LogP contribution is -2.26. The van der Waals surface area contributed by atoms with Gasteiger partial charge in [-0.15, -0.1) is 0 Å². The molecule has 0 radical (unpaired) electrons. The van der Waals surface area contributed by atoms with E-state index in [9.17, 15) is 18.0 Å². The van der Waals surface area contributed by atoms with E-state index >= 15 is 0 Å². The molecule has 0 spiro atoms. The van der Waals surface area contributed by atoms with Crippen molar-refractivity contribution in [2.75, 3.05) is 17.6 Å². The fourth-order valence-corrected chi connectivity index (χ4v) is 2.03. The summed E-state index contributed by atoms with van der Waals surface area (Å²) in [5.74, 6) is 0.876. The van der Waals surface area contributed by atoms with Gasteiger partial charge in [-0.2, -0.15) is 24.9 Å². The highest BCUT2D eigenvalue weighted by atomic mass is 32.2. The number of carbonyl (C=O) groups is 1. The van der Waals surface area contributed by atoms with Gasteiger partial charge in [0.05, 0.1) is 5.75 Å². The molecule has 7 nitrogen and oxygen atoms in total. The zero-order valence-corrected chi connectivity index (χ0v) is 12.2. The number of hydrogen-bond donors (Lipinski definition) is 3. The Morgan fingerprint density at radius 3 is 2.77 bits per heavy atom. The summed E-state index contributed by atoms with van der Waals surface area (Å²) in [6, 6.07) is 1.45. The number of hydrogen-bond acceptors (Lipinski definition) is 5. The largest absolute Gasteiger partial charge is 0.408 e. The molecular weight excluding hydrogens is 321 g/mol. The molecular formula is C11H15F3N6OS. The van der Waals surface area contributed by atoms with Crippen molar-refractivity contribution in [3.63, 3.8) is 0 Å². The molecule has 11 heteroatoms. The van der Waals surface area contributed by atoms with E-state index in [1.54, 1.807) is 0 Å². The number of guanidine groups is 1. The second-order valence-corrected chi connectivity index (χ2v) is 5.17. The van der Waals surface area contributed by atoms with Crippen LogP contribution < -0.4 is 16.8 Å². The minimum Gasteiger partial charge on any atom is -0.370 e. The average molecular weight is 336 g/mol. The first-order chi connectivity index (χ1) is 10.3. The number of alkyl halides is 3. The van der Waals surface area contributed by atoms with Crippen molar-refractivity contribution in [2.24, 2.45) is 16.5 Å². The van der Waals surface area contributed by atoms with Crippen LogP contribution in [0, 0.1) is 0 Å². The van der Waals surface area contributed by atoms with Crippen molar-refractivity contribution in [3.05, 3.63) is 18.1 Å². The minimum absolute atomic E-state index is 0.240. The lowest BCUT2D eigenvalue weighted by molar-refractivity contribution is -0.118. The number of nitrogens with one attached hydrogen (secondary N) is 1. The SMILES string of the molecule is NC(=O)CCSCc1nccc(NC(N)=NCC(F)(F)F)n1. The molecule has 122 valence electrons. The molecule has 0 atom stereocenters. The summed E-state index contributed by atoms with van der Waals surface area (Å²) in [5.41, 5.74) is 10.3. The highest BCUT2D eigenvalue weighted by Gasteiger charge is 2.26. The summed E-state index contributed by atoms with van der Waals surface area (Å²) in [6.07, 6.45) is -2.73. The van der Waals surface area contributed by atoms with E-state index < -0.39 is 18.6 Å². The predicted octanol–water partition coefficient (Wildman–Crippen LogP) is 0.874. The third kappa shape index (κ3) is 8.29. The summed E-state index contributed by atoms with van der Waals surface area (Å²) in [5, 5.41) is 2.46. The van der Waals surface area contributed by atoms with E-state index in [4.69, 9.17) is 11.5 Å². The fourth-order valence-electron chi connectivity index (χ4n) is 1.22. The summed E-state index contributed by atoms with van der Waals surface area (Å²) in [7, 11) is 0. The van der Waals surface area contributed by atoms with Crippen LogP contribution in [0.25, 0.3) is 0 Å². The van der Waals surface area contributed by atoms with Gasteiger partial charge in [-0.1, -0.05) is 0 Å². The van der Waals surface area contributed by atoms with Crippen LogP contribution in [0.2, 0.25) is 0 Å². The Bertz CT molecular complexity index is 537. The number of halogens is 3. The zero-order chi connectivity index (χ0) is 16.6. The van der Waals surface area contributed by atoms with E-state index in [2.05, 4.69) is 20.3 Å². The van der Waals surface area contributed by atoms with Crippen molar-refractivity contribution in [3.8, 4) is 0 Å². The molecule has 0 aliphatic heterocycles. The molecule has 5 N–H and O–H groups in total. The number of nitrogens with two attached hydrogens (primary N) is 2. The summed E-state index contributed by atoms with van der Waals surface area (Å²) < 4.78 is 36.0. The highest BCUT2D eigenvalue weighted by Crippen LogP contribution is 2.14. The molecule has 0 bridgehead atoms. The number of primary amides is 1. The van der Waals surface area contributed by atoms with E-state index in [1.165, 1.54) is 24.0 Å². The molecule has 0 saturated heterocycles. The minimum atomic E-state index is -4.42. The number of thioether (sulfide) groups is 1. The second-order valence-electron chi connectivity index (χ2n) is 4.07. The van der Waals surface area contributed by atoms with Crippen LogP contribution in [0.1, 0.15) is 12.2 Å². The lowest BCUT2D eigenvalue weighted by Gasteiger charge is -2.07. The molecule has 1 aromatic heterocycles. The van der Waals surface area contributed by atoms with E-state index in [-0.39, 0.29) is 18.2 Å². The van der Waals surface area contributed by atoms with Crippen LogP contribution in [-0.2, 0) is 10.5 Å². The van der Waals surface area contributed by atoms with Crippen LogP contribution in [0.4, 0.5) is 19.0 Å². The lowest BCUT2D eigenvalue weighted by atomic mass is 10.5. The third-order valence-electron chi connectivity index (χ3n) is 2.11. The molecule has 0 saturated carbocycles. The van der Waals surface area contributed by atoms with Gasteiger partial charge in [0.15, 0.2) is 5.96 Å². The predicted molar refractivity (Wildman–Crippen MR) is 78.2 cm³/mol. The maximum atomic E-state index is 12.0. The van der Waals surface area contributed by atoms with Gasteiger partial charge in [0, 0.05) is 18.4 Å². The van der Waals surface area contributed by atoms with Crippen molar-refractivity contribution in [2.45, 2.75) is 18.3 Å². The summed E-state index contributed by atoms with van der Waals surface area (Å²) in [6.45, 7) is -1.37. The van der Waals surface area contributed by atoms with Gasteiger partial charge in [-0.05, 0) is 6.07 Å². The second kappa shape index (κ2) is 8.41. The Hall–Kier alpha value is -2.04. The number of nitrogens with zero attached hydrogens (tertiary/aromatic N) is 3. The number of amides is 1. The van der Waals surface area contributed by atoms with Crippen LogP contribution in [0.5, 0.6) is 0 Å². The van der Waals surface area contributed by atoms with E-state index in [0.717, 1.165) is 0 Å². The molecule has 0 aromatic carbocycles. The Morgan fingerprint density at radius 2 is 2.14 bits per heavy atom. The third-order valence-corrected chi connectivity index (χ3v) is 3.07. The highest BCUT2D eigenvalue weighted by molar-refractivity contribution is 7.98. The van der Waals surface area contributed by atoms with Gasteiger partial charge < -0.3 is 16.8 Å². The van der Waals surface area contributed by atoms with Gasteiger partial charge >= 0.3 is 6.18 Å². The van der Waals surface area contributed by atoms with Crippen molar-refractivity contribution in [1.82, 2.24) is 9.97 Å². The average Bonchev–Trinajstić information content (AvgIpc) is 2.41. The quantitative estimate of drug-likeness (QED) is 0.386. The topological polar surface area (TPSA) is 119 Å². The maximum absolute atomic E-state index is 12.0. The summed E-state index contributed by atoms with van der Waals surface area (Å²) >= 11 is 1.41. The molecule has 0 fully saturated rings. The number of carbonyl (C=O) groups excluding carboxylic acids is 1. The molecule has 0 aliphatic carbocycles. The van der Waals surface area contributed by atoms with Gasteiger partial charge in [-0.25, -0.2) is 15.0 Å². The summed E-state index contributed by atoms with van der Waals surface area (Å²) in [4.78, 5) is 21.8. The number of aliphatic imine (C=N–C) groups is 1. The molecule has 0 unspecified atom stereocenters. The molecule has 1 amide bonds. The molecule has 0 aliphatic rings. The van der Waals surface area contributed by atoms with Gasteiger partial charge in [0.1, 0.15) is 18.2 Å². The molecule has 1 heterocycles. The monoisotopic (exact) mass is 336 g/mol. The normalized spacial score (nSPS) is 12.2. The van der Waals surface area contributed by atoms with Crippen LogP contribution in [0.15, 0.2) is 17.3 Å². The van der Waals surface area contributed by atoms with Crippen LogP contribution in [0.3, 0.4) is 0 Å². The Labute approximate surface area is 128 Å². The van der Waals surface area contributed by atoms with E-state index in [1.807, 2.05) is 0 Å². The van der Waals surface area contributed by atoms with Gasteiger partial charge in [-0.3, -0.25) is 4.79 Å². The molecule has 1 aromatic rings. The van der Waals surface area contributed by atoms with Crippen LogP contribution in [-0.4, -0.2) is 40.3 Å². The van der Waals surface area contributed by atoms with Crippen molar-refractivity contribution < 1.29 is 18.0 Å². The first kappa shape index (κ1) is 18.0. The zero-order valence-electron chi connectivity index (χ0n) is 11.4. The van der Waals surface area contributed by atoms with Crippen molar-refractivity contribution in [1.29, 1.82) is 0 Å². The molecule has 1 rings (SSSR count). The maximum Gasteiger partial charge on any atom is 0.408 e. The molecule has 22 heavy (non-hydrogen) atoms. The fraction of sp³-hybridized carbons (Fsp3) is 0.455. The van der Waals surface area contributed by atoms with Crippen LogP contribution >= 0.6 is 11.8 Å².